The molecule has 0 bridgehead atoms. The van der Waals surface area contributed by atoms with Crippen molar-refractivity contribution in [3.05, 3.63) is 35.1 Å². The first kappa shape index (κ1) is 11.2. The van der Waals surface area contributed by atoms with Crippen molar-refractivity contribution >= 4 is 20.7 Å². The van der Waals surface area contributed by atoms with Crippen molar-refractivity contribution in [3.63, 3.8) is 0 Å². The summed E-state index contributed by atoms with van der Waals surface area (Å²) < 4.78 is 12.9. The number of halogens is 2. The zero-order valence-electron chi connectivity index (χ0n) is 8.05. The third kappa shape index (κ3) is 2.80. The minimum Gasteiger partial charge on any atom is -0.332 e. The summed E-state index contributed by atoms with van der Waals surface area (Å²) in [4.78, 5) is 12.2. The van der Waals surface area contributed by atoms with Gasteiger partial charge in [-0.15, -0.1) is 0 Å². The van der Waals surface area contributed by atoms with E-state index in [1.165, 1.54) is 11.0 Å². The van der Waals surface area contributed by atoms with E-state index in [0.717, 1.165) is 5.56 Å². The fourth-order valence-electron chi connectivity index (χ4n) is 1.14. The molecule has 0 heterocycles. The van der Waals surface area contributed by atoms with Crippen LogP contribution in [0.4, 0.5) is 9.18 Å². The molecule has 1 rings (SSSR count). The first-order valence-corrected chi connectivity index (χ1v) is 4.95. The Kier molecular flexibility index (Phi) is 3.63. The largest absolute Gasteiger partial charge is 0.332 e. The maximum atomic E-state index is 12.9. The van der Waals surface area contributed by atoms with Crippen molar-refractivity contribution in [2.24, 2.45) is 0 Å². The summed E-state index contributed by atoms with van der Waals surface area (Å²) in [5.41, 5.74) is 1.51. The Balaban J connectivity index is 2.78. The maximum absolute atomic E-state index is 12.9. The summed E-state index contributed by atoms with van der Waals surface area (Å²) in [5.74, 6) is -0.221. The van der Waals surface area contributed by atoms with Crippen molar-refractivity contribution in [1.82, 2.24) is 4.90 Å². The van der Waals surface area contributed by atoms with E-state index in [-0.39, 0.29) is 10.6 Å². The van der Waals surface area contributed by atoms with Crippen LogP contribution >= 0.6 is 15.9 Å². The van der Waals surface area contributed by atoms with Crippen LogP contribution in [-0.4, -0.2) is 16.8 Å². The molecule has 1 aromatic rings. The van der Waals surface area contributed by atoms with Crippen LogP contribution in [0.5, 0.6) is 0 Å². The zero-order valence-corrected chi connectivity index (χ0v) is 9.64. The molecule has 0 saturated carbocycles. The SMILES string of the molecule is Cc1cc(CN(C)C(=O)Br)ccc1F. The molecule has 0 N–H and O–H groups in total. The van der Waals surface area contributed by atoms with E-state index >= 15 is 0 Å². The number of rotatable bonds is 2. The molecule has 0 spiro atoms. The summed E-state index contributed by atoms with van der Waals surface area (Å²) in [5, 5.41) is 0. The second-order valence-electron chi connectivity index (χ2n) is 3.19. The lowest BCUT2D eigenvalue weighted by Crippen LogP contribution is -2.19. The quantitative estimate of drug-likeness (QED) is 0.591. The number of aryl methyl sites for hydroxylation is 1. The molecule has 4 heteroatoms. The first-order valence-electron chi connectivity index (χ1n) is 4.16. The molecule has 1 aromatic carbocycles. The highest BCUT2D eigenvalue weighted by Crippen LogP contribution is 2.11. The Morgan fingerprint density at radius 2 is 2.21 bits per heavy atom. The van der Waals surface area contributed by atoms with Crippen molar-refractivity contribution in [2.75, 3.05) is 7.05 Å². The summed E-state index contributed by atoms with van der Waals surface area (Å²) in [6.07, 6.45) is 0. The molecule has 0 aromatic heterocycles. The lowest BCUT2D eigenvalue weighted by molar-refractivity contribution is 0.233. The van der Waals surface area contributed by atoms with E-state index < -0.39 is 0 Å². The van der Waals surface area contributed by atoms with Crippen molar-refractivity contribution < 1.29 is 9.18 Å². The smallest absolute Gasteiger partial charge is 0.289 e. The predicted octanol–water partition coefficient (Wildman–Crippen LogP) is 3.08. The Bertz CT molecular complexity index is 354. The number of benzene rings is 1. The molecule has 0 aliphatic carbocycles. The van der Waals surface area contributed by atoms with E-state index in [2.05, 4.69) is 15.9 Å². The zero-order chi connectivity index (χ0) is 10.7. The average Bonchev–Trinajstić information content (AvgIpc) is 2.11. The molecular weight excluding hydrogens is 249 g/mol. The minimum absolute atomic E-state index is 0.181. The van der Waals surface area contributed by atoms with Gasteiger partial charge in [-0.1, -0.05) is 12.1 Å². The summed E-state index contributed by atoms with van der Waals surface area (Å²) in [6, 6.07) is 4.83. The van der Waals surface area contributed by atoms with Crippen molar-refractivity contribution in [2.45, 2.75) is 13.5 Å². The fourth-order valence-corrected chi connectivity index (χ4v) is 1.27. The fraction of sp³-hybridized carbons (Fsp3) is 0.300. The van der Waals surface area contributed by atoms with Crippen LogP contribution < -0.4 is 0 Å². The van der Waals surface area contributed by atoms with Gasteiger partial charge in [-0.25, -0.2) is 4.39 Å². The number of carbonyl (C=O) groups is 1. The topological polar surface area (TPSA) is 20.3 Å². The Morgan fingerprint density at radius 1 is 1.57 bits per heavy atom. The molecule has 0 aliphatic rings. The van der Waals surface area contributed by atoms with E-state index in [9.17, 15) is 9.18 Å². The van der Waals surface area contributed by atoms with Crippen LogP contribution in [0.25, 0.3) is 0 Å². The molecule has 0 unspecified atom stereocenters. The molecule has 14 heavy (non-hydrogen) atoms. The molecule has 76 valence electrons. The molecule has 0 atom stereocenters. The second-order valence-corrected chi connectivity index (χ2v) is 3.87. The van der Waals surface area contributed by atoms with Gasteiger partial charge in [0.05, 0.1) is 0 Å². The van der Waals surface area contributed by atoms with Crippen LogP contribution in [0.1, 0.15) is 11.1 Å². The molecular formula is C10H11BrFNO. The highest BCUT2D eigenvalue weighted by molar-refractivity contribution is 9.18. The Labute approximate surface area is 90.8 Å². The van der Waals surface area contributed by atoms with Crippen LogP contribution in [0.3, 0.4) is 0 Å². The van der Waals surface area contributed by atoms with Crippen LogP contribution in [0.2, 0.25) is 0 Å². The summed E-state index contributed by atoms with van der Waals surface area (Å²) in [7, 11) is 1.68. The van der Waals surface area contributed by atoms with E-state index in [1.807, 2.05) is 0 Å². The van der Waals surface area contributed by atoms with Gasteiger partial charge in [0.15, 0.2) is 0 Å². The van der Waals surface area contributed by atoms with Crippen molar-refractivity contribution in [3.8, 4) is 0 Å². The number of amides is 1. The molecule has 0 radical (unpaired) electrons. The van der Waals surface area contributed by atoms with Crippen LogP contribution in [0, 0.1) is 12.7 Å². The summed E-state index contributed by atoms with van der Waals surface area (Å²) in [6.45, 7) is 2.18. The molecule has 0 fully saturated rings. The molecule has 0 aliphatic heterocycles. The molecule has 2 nitrogen and oxygen atoms in total. The van der Waals surface area contributed by atoms with E-state index in [4.69, 9.17) is 0 Å². The Hall–Kier alpha value is -0.900. The molecule has 0 saturated heterocycles. The predicted molar refractivity (Wildman–Crippen MR) is 56.9 cm³/mol. The standard InChI is InChI=1S/C10H11BrFNO/c1-7-5-8(3-4-9(7)12)6-13(2)10(11)14/h3-5H,6H2,1-2H3. The van der Waals surface area contributed by atoms with Gasteiger partial charge in [-0.2, -0.15) is 0 Å². The van der Waals surface area contributed by atoms with Gasteiger partial charge in [-0.05, 0) is 24.1 Å². The highest BCUT2D eigenvalue weighted by Gasteiger charge is 2.05. The maximum Gasteiger partial charge on any atom is 0.289 e. The van der Waals surface area contributed by atoms with Gasteiger partial charge < -0.3 is 4.90 Å². The number of carbonyl (C=O) groups excluding carboxylic acids is 1. The normalized spacial score (nSPS) is 10.0. The third-order valence-electron chi connectivity index (χ3n) is 1.94. The monoisotopic (exact) mass is 259 g/mol. The lowest BCUT2D eigenvalue weighted by atomic mass is 10.1. The van der Waals surface area contributed by atoms with E-state index in [0.29, 0.717) is 12.1 Å². The number of nitrogens with zero attached hydrogens (tertiary/aromatic N) is 1. The van der Waals surface area contributed by atoms with Crippen LogP contribution in [-0.2, 0) is 6.54 Å². The Morgan fingerprint density at radius 3 is 2.71 bits per heavy atom. The van der Waals surface area contributed by atoms with Gasteiger partial charge >= 0.3 is 0 Å². The lowest BCUT2D eigenvalue weighted by Gasteiger charge is -2.13. The number of hydrogen-bond acceptors (Lipinski definition) is 1. The third-order valence-corrected chi connectivity index (χ3v) is 2.55. The van der Waals surface area contributed by atoms with E-state index in [1.54, 1.807) is 26.1 Å². The summed E-state index contributed by atoms with van der Waals surface area (Å²) >= 11 is 2.84. The van der Waals surface area contributed by atoms with Gasteiger partial charge in [-0.3, -0.25) is 4.79 Å². The van der Waals surface area contributed by atoms with Crippen LogP contribution in [0.15, 0.2) is 18.2 Å². The second kappa shape index (κ2) is 4.55. The average molecular weight is 260 g/mol. The minimum atomic E-state index is -0.221. The van der Waals surface area contributed by atoms with Crippen molar-refractivity contribution in [1.29, 1.82) is 0 Å². The van der Waals surface area contributed by atoms with Gasteiger partial charge in [0.25, 0.3) is 4.82 Å². The van der Waals surface area contributed by atoms with Gasteiger partial charge in [0.2, 0.25) is 0 Å². The highest BCUT2D eigenvalue weighted by atomic mass is 79.9. The first-order chi connectivity index (χ1) is 6.50. The number of hydrogen-bond donors (Lipinski definition) is 0. The molecule has 1 amide bonds. The van der Waals surface area contributed by atoms with Gasteiger partial charge in [0.1, 0.15) is 5.82 Å². The van der Waals surface area contributed by atoms with Gasteiger partial charge in [0, 0.05) is 29.5 Å².